The third kappa shape index (κ3) is 21.2. The molecule has 1 aromatic heterocycles. The van der Waals surface area contributed by atoms with Crippen molar-refractivity contribution in [3.63, 3.8) is 0 Å². The Bertz CT molecular complexity index is 5290. The van der Waals surface area contributed by atoms with Gasteiger partial charge in [-0.1, -0.05) is 24.3 Å². The van der Waals surface area contributed by atoms with E-state index in [1.165, 1.54) is 0 Å². The molecule has 35 nitrogen and oxygen atoms in total. The molecule has 0 saturated heterocycles. The number of fused-ring (bicyclic) bond motifs is 3. The fraction of sp³-hybridized carbons (Fsp3) is 0.0488. The molecule has 0 amide bonds. The van der Waals surface area contributed by atoms with Gasteiger partial charge in [-0.15, -0.1) is 15.3 Å². The van der Waals surface area contributed by atoms with E-state index in [0.29, 0.717) is 24.3 Å². The van der Waals surface area contributed by atoms with Crippen molar-refractivity contribution in [2.45, 2.75) is 34.3 Å². The predicted molar refractivity (Wildman–Crippen MR) is 277 cm³/mol. The van der Waals surface area contributed by atoms with Crippen LogP contribution < -0.4 is 218 Å². The molecule has 92 heavy (non-hydrogen) atoms. The minimum Gasteiger partial charge on any atom is -0.744 e. The average molecular weight is 1510 g/mol. The molecule has 51 heteroatoms. The second-order valence-electron chi connectivity index (χ2n) is 16.7. The van der Waals surface area contributed by atoms with E-state index in [2.05, 4.69) is 50.2 Å². The Kier molecular flexibility index (Phi) is 32.7. The van der Waals surface area contributed by atoms with Gasteiger partial charge in [-0.3, -0.25) is 4.18 Å². The number of hydrogen-bond acceptors (Lipinski definition) is 35. The van der Waals surface area contributed by atoms with E-state index in [1.807, 2.05) is 0 Å². The molecule has 4 N–H and O–H groups in total. The van der Waals surface area contributed by atoms with E-state index < -0.39 is 223 Å². The summed E-state index contributed by atoms with van der Waals surface area (Å²) in [6, 6.07) is 10.9. The van der Waals surface area contributed by atoms with Gasteiger partial charge in [0, 0.05) is 26.9 Å². The number of halogens is 1. The Morgan fingerprint density at radius 1 is 0.457 bits per heavy atom. The van der Waals surface area contributed by atoms with Gasteiger partial charge in [0.15, 0.2) is 21.3 Å². The fourth-order valence-electron chi connectivity index (χ4n) is 7.90. The van der Waals surface area contributed by atoms with Crippen molar-refractivity contribution in [2.75, 3.05) is 23.0 Å². The Hall–Kier alpha value is -0.700. The Morgan fingerprint density at radius 3 is 1.52 bits per heavy atom. The minimum absolute atomic E-state index is 0. The molecule has 0 atom stereocenters. The Morgan fingerprint density at radius 2 is 0.978 bits per heavy atom. The average Bonchev–Trinajstić information content (AvgIpc) is 0.761. The van der Waals surface area contributed by atoms with Gasteiger partial charge in [0.25, 0.3) is 0 Å². The molecule has 450 valence electrons. The number of aromatic hydroxyl groups is 2. The number of rotatable bonds is 19. The smallest absolute Gasteiger partial charge is 0.744 e. The molecule has 8 rings (SSSR count). The zero-order valence-electron chi connectivity index (χ0n) is 47.5. The second kappa shape index (κ2) is 33.6. The van der Waals surface area contributed by atoms with Crippen LogP contribution in [0.4, 0.5) is 46.0 Å². The summed E-state index contributed by atoms with van der Waals surface area (Å²) in [5.74, 6) is -5.64. The molecule has 0 fully saturated rings. The first-order valence-electron chi connectivity index (χ1n) is 21.7. The molecule has 0 aliphatic carbocycles. The van der Waals surface area contributed by atoms with Crippen LogP contribution in [-0.4, -0.2) is 137 Å². The normalized spacial score (nSPS) is 12.3. The Labute approximate surface area is 680 Å². The Balaban J connectivity index is 0.00000605. The summed E-state index contributed by atoms with van der Waals surface area (Å²) in [5, 5.41) is 36.2. The van der Waals surface area contributed by atoms with Crippen molar-refractivity contribution >= 4 is 171 Å². The number of anilines is 4. The summed E-state index contributed by atoms with van der Waals surface area (Å²) in [4.78, 5) is 2.67. The third-order valence-electron chi connectivity index (χ3n) is 11.2. The number of hydrogen-bond donors (Lipinski definition) is 4. The van der Waals surface area contributed by atoms with Crippen molar-refractivity contribution in [2.24, 2.45) is 20.5 Å². The van der Waals surface area contributed by atoms with Gasteiger partial charge in [-0.2, -0.15) is 20.1 Å². The molecule has 0 aliphatic rings. The van der Waals surface area contributed by atoms with Gasteiger partial charge in [-0.25, -0.2) is 67.3 Å². The number of nitrogens with one attached hydrogen (secondary N) is 2. The maximum atomic E-state index is 13.0. The van der Waals surface area contributed by atoms with Crippen LogP contribution in [0.15, 0.2) is 146 Å². The number of sulfone groups is 1. The molecule has 0 aliphatic heterocycles. The van der Waals surface area contributed by atoms with Crippen molar-refractivity contribution < 1.29 is 321 Å². The zero-order valence-corrected chi connectivity index (χ0v) is 68.8. The van der Waals surface area contributed by atoms with Crippen LogP contribution in [0.2, 0.25) is 5.28 Å². The van der Waals surface area contributed by atoms with Crippen LogP contribution in [0.3, 0.4) is 0 Å². The van der Waals surface area contributed by atoms with Crippen LogP contribution >= 0.6 is 11.6 Å². The van der Waals surface area contributed by atoms with Crippen molar-refractivity contribution in [3.8, 4) is 11.5 Å². The van der Waals surface area contributed by atoms with Crippen LogP contribution in [0.5, 0.6) is 11.5 Å². The van der Waals surface area contributed by atoms with Gasteiger partial charge in [0.2, 0.25) is 27.6 Å². The molecule has 0 saturated carbocycles. The molecular weight excluding hydrogens is 1490 g/mol. The third-order valence-corrected chi connectivity index (χ3v) is 18.8. The molecule has 1 heterocycles. The first-order valence-corrected chi connectivity index (χ1v) is 33.5. The van der Waals surface area contributed by atoms with Crippen LogP contribution in [0.25, 0.3) is 32.3 Å². The molecule has 8 aromatic rings. The summed E-state index contributed by atoms with van der Waals surface area (Å²) in [6.45, 7) is -1.10. The summed E-state index contributed by atoms with van der Waals surface area (Å²) in [5.41, 5.74) is -5.75. The first-order chi connectivity index (χ1) is 39.0. The van der Waals surface area contributed by atoms with Crippen LogP contribution in [0.1, 0.15) is 0 Å². The summed E-state index contributed by atoms with van der Waals surface area (Å²) < 4.78 is 288. The van der Waals surface area contributed by atoms with E-state index in [4.69, 9.17) is 11.6 Å². The van der Waals surface area contributed by atoms with Gasteiger partial charge >= 0.3 is 207 Å². The zero-order chi connectivity index (χ0) is 62.9. The standard InChI is InChI=1S/C41H30ClN9O26S8.7Na/c42-39-45-40(43-26-9-8-23-25(38(26)84(71,72)73)17-31(82(65,66)67)33(35(23)52)50-48-19-3-1-4-20(15-19)78(54,55)12-11-77-85(74,75)76)47-41(46-39)44-28-16-21(79(56,57)58)13-18-14-30(81(62,63)64)34(36(53)32(18)28)51-49-27-10-7-22-24(37(27)83(68,69)70)5-2-6-29(22)80(59,60)61;;;;;;;/h1-10,13-17,52-53H,11-12H2,(H,56,57,58)(H,59,60,61)(H,62,63,64)(H,65,66,67)(H,68,69,70)(H,71,72,73)(H,74,75,76)(H2,43,44,45,46,47);;;;;;;/q;7*+1/p-7. The summed E-state index contributed by atoms with van der Waals surface area (Å²) >= 11 is 6.14. The van der Waals surface area contributed by atoms with E-state index >= 15 is 0 Å². The minimum atomic E-state index is -5.93. The number of benzene rings is 7. The van der Waals surface area contributed by atoms with E-state index in [-0.39, 0.29) is 213 Å². The van der Waals surface area contributed by atoms with Gasteiger partial charge in [0.05, 0.1) is 63.7 Å². The second-order valence-corrected chi connectivity index (χ2v) is 28.2. The fourth-order valence-corrected chi connectivity index (χ4v) is 13.7. The maximum Gasteiger partial charge on any atom is 1.00 e. The molecule has 7 aromatic carbocycles. The molecule has 0 radical (unpaired) electrons. The maximum absolute atomic E-state index is 13.0. The van der Waals surface area contributed by atoms with Crippen molar-refractivity contribution in [3.05, 3.63) is 96.3 Å². The van der Waals surface area contributed by atoms with E-state index in [1.54, 1.807) is 0 Å². The van der Waals surface area contributed by atoms with Gasteiger partial charge < -0.3 is 52.7 Å². The number of nitrogens with zero attached hydrogens (tertiary/aromatic N) is 7. The van der Waals surface area contributed by atoms with Crippen LogP contribution in [-0.2, 0) is 85.1 Å². The van der Waals surface area contributed by atoms with E-state index in [0.717, 1.165) is 60.7 Å². The monoisotopic (exact) mass is 1510 g/mol. The van der Waals surface area contributed by atoms with Crippen molar-refractivity contribution in [1.29, 1.82) is 0 Å². The first kappa shape index (κ1) is 89.3. The summed E-state index contributed by atoms with van der Waals surface area (Å²) in [6.07, 6.45) is 0. The largest absolute Gasteiger partial charge is 1.00 e. The predicted octanol–water partition coefficient (Wildman–Crippen LogP) is -17.6. The van der Waals surface area contributed by atoms with Crippen molar-refractivity contribution in [1.82, 2.24) is 15.0 Å². The molecule has 0 spiro atoms. The SMILES string of the molecule is O=S(=O)([O-])OCCS(=O)(=O)c1cccc(N=Nc2c(S(=O)(=O)[O-])cc3c(S(=O)(=O)[O-])c(Nc4nc(Cl)nc(Nc5cc(S(=O)(=O)[O-])cc6cc(S(=O)(=O)[O-])c(N=Nc7ccc8c(S(=O)(=O)[O-])cccc8c7S(=O)(=O)[O-])c(O)c56)n4)ccc3c2O)c1.[Na+].[Na+].[Na+].[Na+].[Na+].[Na+].[Na+]. The van der Waals surface area contributed by atoms with Gasteiger partial charge in [0.1, 0.15) is 77.8 Å². The number of azo groups is 2. The van der Waals surface area contributed by atoms with Crippen LogP contribution in [0, 0.1) is 0 Å². The molecule has 0 unspecified atom stereocenters. The number of aromatic nitrogens is 3. The van der Waals surface area contributed by atoms with Gasteiger partial charge in [-0.05, 0) is 83.7 Å². The molecular formula is C41H23ClN9Na7O26S8. The van der Waals surface area contributed by atoms with E-state index in [9.17, 15) is 109 Å². The number of phenolic OH excluding ortho intramolecular Hbond substituents is 2. The number of phenols is 2. The summed E-state index contributed by atoms with van der Waals surface area (Å²) in [7, 11) is -44.1. The quantitative estimate of drug-likeness (QED) is 0.0253. The molecule has 0 bridgehead atoms. The topological polar surface area (TPSA) is 596 Å².